The average molecular weight is 353 g/mol. The van der Waals surface area contributed by atoms with E-state index in [1.54, 1.807) is 11.3 Å². The Morgan fingerprint density at radius 2 is 2.00 bits per heavy atom. The maximum atomic E-state index is 12.3. The normalized spacial score (nSPS) is 11.4. The molecule has 0 fully saturated rings. The van der Waals surface area contributed by atoms with Gasteiger partial charge in [-0.15, -0.1) is 11.3 Å². The maximum Gasteiger partial charge on any atom is 0.340 e. The van der Waals surface area contributed by atoms with E-state index in [1.165, 1.54) is 0 Å². The fourth-order valence-corrected chi connectivity index (χ4v) is 3.19. The number of esters is 1. The number of hydrogen-bond acceptors (Lipinski definition) is 3. The summed E-state index contributed by atoms with van der Waals surface area (Å²) in [6, 6.07) is 7.96. The first kappa shape index (κ1) is 15.3. The molecule has 0 radical (unpaired) electrons. The molecule has 0 bridgehead atoms. The third kappa shape index (κ3) is 3.49. The highest BCUT2D eigenvalue weighted by molar-refractivity contribution is 9.10. The van der Waals surface area contributed by atoms with Crippen molar-refractivity contribution in [1.29, 1.82) is 0 Å². The van der Waals surface area contributed by atoms with Crippen LogP contribution >= 0.6 is 27.3 Å². The second-order valence-corrected chi connectivity index (χ2v) is 7.59. The van der Waals surface area contributed by atoms with Crippen LogP contribution in [0, 0.1) is 6.92 Å². The van der Waals surface area contributed by atoms with Gasteiger partial charge in [-0.1, -0.05) is 28.1 Å². The maximum absolute atomic E-state index is 12.3. The number of halogens is 1. The first-order valence-electron chi connectivity index (χ1n) is 6.35. The Labute approximate surface area is 131 Å². The molecule has 0 aliphatic rings. The standard InChI is InChI=1S/C16H17BrO2S/c1-10-14(11-6-5-7-12(17)8-11)13(9-20-10)15(18)19-16(2,3)4/h5-9H,1-4H3. The highest BCUT2D eigenvalue weighted by atomic mass is 79.9. The Morgan fingerprint density at radius 3 is 2.60 bits per heavy atom. The quantitative estimate of drug-likeness (QED) is 0.672. The third-order valence-corrected chi connectivity index (χ3v) is 4.11. The van der Waals surface area contributed by atoms with Gasteiger partial charge in [0.25, 0.3) is 0 Å². The number of carbonyl (C=O) groups is 1. The van der Waals surface area contributed by atoms with Crippen LogP contribution in [0.3, 0.4) is 0 Å². The van der Waals surface area contributed by atoms with Crippen LogP contribution in [0.25, 0.3) is 11.1 Å². The number of aryl methyl sites for hydroxylation is 1. The minimum atomic E-state index is -0.485. The molecule has 106 valence electrons. The molecule has 0 saturated heterocycles. The van der Waals surface area contributed by atoms with Crippen LogP contribution in [0.5, 0.6) is 0 Å². The second-order valence-electron chi connectivity index (χ2n) is 5.59. The zero-order valence-electron chi connectivity index (χ0n) is 12.0. The van der Waals surface area contributed by atoms with E-state index in [0.717, 1.165) is 20.5 Å². The third-order valence-electron chi connectivity index (χ3n) is 2.71. The molecule has 20 heavy (non-hydrogen) atoms. The van der Waals surface area contributed by atoms with Crippen molar-refractivity contribution >= 4 is 33.2 Å². The number of hydrogen-bond donors (Lipinski definition) is 0. The molecular weight excluding hydrogens is 336 g/mol. The summed E-state index contributed by atoms with van der Waals surface area (Å²) >= 11 is 5.04. The van der Waals surface area contributed by atoms with Gasteiger partial charge >= 0.3 is 5.97 Å². The lowest BCUT2D eigenvalue weighted by molar-refractivity contribution is 0.00710. The van der Waals surface area contributed by atoms with Gasteiger partial charge in [0, 0.05) is 20.3 Å². The number of thiophene rings is 1. The number of benzene rings is 1. The van der Waals surface area contributed by atoms with E-state index >= 15 is 0 Å². The van der Waals surface area contributed by atoms with E-state index in [4.69, 9.17) is 4.74 Å². The summed E-state index contributed by atoms with van der Waals surface area (Å²) in [6.45, 7) is 7.66. The van der Waals surface area contributed by atoms with Crippen LogP contribution in [-0.4, -0.2) is 11.6 Å². The Hall–Kier alpha value is -1.13. The first-order valence-corrected chi connectivity index (χ1v) is 8.02. The van der Waals surface area contributed by atoms with Crippen LogP contribution in [0.15, 0.2) is 34.1 Å². The molecule has 4 heteroatoms. The number of rotatable bonds is 2. The van der Waals surface area contributed by atoms with Crippen molar-refractivity contribution in [1.82, 2.24) is 0 Å². The summed E-state index contributed by atoms with van der Waals surface area (Å²) in [7, 11) is 0. The van der Waals surface area contributed by atoms with E-state index in [0.29, 0.717) is 5.56 Å². The lowest BCUT2D eigenvalue weighted by Gasteiger charge is -2.19. The molecule has 0 saturated carbocycles. The van der Waals surface area contributed by atoms with Crippen LogP contribution in [0.2, 0.25) is 0 Å². The molecular formula is C16H17BrO2S. The fraction of sp³-hybridized carbons (Fsp3) is 0.312. The van der Waals surface area contributed by atoms with Crippen molar-refractivity contribution in [2.24, 2.45) is 0 Å². The Morgan fingerprint density at radius 1 is 1.30 bits per heavy atom. The number of carbonyl (C=O) groups excluding carboxylic acids is 1. The van der Waals surface area contributed by atoms with Gasteiger partial charge in [0.15, 0.2) is 0 Å². The van der Waals surface area contributed by atoms with E-state index in [-0.39, 0.29) is 5.97 Å². The SMILES string of the molecule is Cc1scc(C(=O)OC(C)(C)C)c1-c1cccc(Br)c1. The van der Waals surface area contributed by atoms with Crippen molar-refractivity contribution in [3.8, 4) is 11.1 Å². The molecule has 1 aromatic heterocycles. The van der Waals surface area contributed by atoms with Gasteiger partial charge in [0.1, 0.15) is 5.60 Å². The molecule has 0 spiro atoms. The summed E-state index contributed by atoms with van der Waals surface area (Å²) in [5, 5.41) is 1.87. The summed E-state index contributed by atoms with van der Waals surface area (Å²) in [6.07, 6.45) is 0. The number of ether oxygens (including phenoxy) is 1. The van der Waals surface area contributed by atoms with E-state index in [2.05, 4.69) is 15.9 Å². The summed E-state index contributed by atoms with van der Waals surface area (Å²) in [5.74, 6) is -0.267. The molecule has 2 nitrogen and oxygen atoms in total. The highest BCUT2D eigenvalue weighted by Crippen LogP contribution is 2.34. The molecule has 0 aliphatic carbocycles. The van der Waals surface area contributed by atoms with Gasteiger partial charge in [-0.3, -0.25) is 0 Å². The van der Waals surface area contributed by atoms with Crippen LogP contribution in [0.1, 0.15) is 36.0 Å². The van der Waals surface area contributed by atoms with Gasteiger partial charge in [0.2, 0.25) is 0 Å². The largest absolute Gasteiger partial charge is 0.456 e. The van der Waals surface area contributed by atoms with Gasteiger partial charge < -0.3 is 4.74 Å². The minimum absolute atomic E-state index is 0.267. The minimum Gasteiger partial charge on any atom is -0.456 e. The molecule has 0 amide bonds. The van der Waals surface area contributed by atoms with Crippen molar-refractivity contribution < 1.29 is 9.53 Å². The molecule has 0 unspecified atom stereocenters. The van der Waals surface area contributed by atoms with Crippen LogP contribution < -0.4 is 0 Å². The topological polar surface area (TPSA) is 26.3 Å². The monoisotopic (exact) mass is 352 g/mol. The zero-order valence-corrected chi connectivity index (χ0v) is 14.4. The van der Waals surface area contributed by atoms with E-state index in [1.807, 2.05) is 57.3 Å². The molecule has 0 atom stereocenters. The molecule has 0 aliphatic heterocycles. The Bertz CT molecular complexity index is 638. The lowest BCUT2D eigenvalue weighted by Crippen LogP contribution is -2.23. The summed E-state index contributed by atoms with van der Waals surface area (Å²) < 4.78 is 6.48. The molecule has 2 aromatic rings. The van der Waals surface area contributed by atoms with Crippen LogP contribution in [-0.2, 0) is 4.74 Å². The molecule has 0 N–H and O–H groups in total. The van der Waals surface area contributed by atoms with Crippen molar-refractivity contribution in [2.75, 3.05) is 0 Å². The van der Waals surface area contributed by atoms with Gasteiger partial charge in [-0.05, 0) is 45.4 Å². The van der Waals surface area contributed by atoms with Gasteiger partial charge in [-0.2, -0.15) is 0 Å². The Kier molecular flexibility index (Phi) is 4.35. The fourth-order valence-electron chi connectivity index (χ4n) is 1.94. The molecule has 1 heterocycles. The predicted molar refractivity (Wildman–Crippen MR) is 87.4 cm³/mol. The molecule has 1 aromatic carbocycles. The average Bonchev–Trinajstić information content (AvgIpc) is 2.69. The smallest absolute Gasteiger partial charge is 0.340 e. The zero-order chi connectivity index (χ0) is 14.9. The van der Waals surface area contributed by atoms with E-state index < -0.39 is 5.60 Å². The Balaban J connectivity index is 2.45. The van der Waals surface area contributed by atoms with Gasteiger partial charge in [0.05, 0.1) is 5.56 Å². The highest BCUT2D eigenvalue weighted by Gasteiger charge is 2.23. The van der Waals surface area contributed by atoms with Crippen LogP contribution in [0.4, 0.5) is 0 Å². The molecule has 2 rings (SSSR count). The van der Waals surface area contributed by atoms with Gasteiger partial charge in [-0.25, -0.2) is 4.79 Å². The summed E-state index contributed by atoms with van der Waals surface area (Å²) in [4.78, 5) is 13.4. The summed E-state index contributed by atoms with van der Waals surface area (Å²) in [5.41, 5.74) is 2.15. The van der Waals surface area contributed by atoms with Crippen molar-refractivity contribution in [2.45, 2.75) is 33.3 Å². The van der Waals surface area contributed by atoms with Crippen molar-refractivity contribution in [3.05, 3.63) is 44.6 Å². The van der Waals surface area contributed by atoms with Crippen molar-refractivity contribution in [3.63, 3.8) is 0 Å². The van der Waals surface area contributed by atoms with E-state index in [9.17, 15) is 4.79 Å². The second kappa shape index (κ2) is 5.70. The lowest BCUT2D eigenvalue weighted by atomic mass is 10.0. The first-order chi connectivity index (χ1) is 9.28. The predicted octanol–water partition coefficient (Wildman–Crippen LogP) is 5.44.